The fraction of sp³-hybridized carbons (Fsp3) is 0.316. The third-order valence-electron chi connectivity index (χ3n) is 3.52. The van der Waals surface area contributed by atoms with Crippen LogP contribution < -0.4 is 19.5 Å². The molecule has 146 valence electrons. The van der Waals surface area contributed by atoms with E-state index in [-0.39, 0.29) is 10.8 Å². The van der Waals surface area contributed by atoms with E-state index >= 15 is 0 Å². The summed E-state index contributed by atoms with van der Waals surface area (Å²) in [5, 5.41) is 2.74. The molecule has 0 bridgehead atoms. The molecular weight excluding hydrogens is 368 g/mol. The van der Waals surface area contributed by atoms with Gasteiger partial charge in [0.05, 0.1) is 24.8 Å². The van der Waals surface area contributed by atoms with Crippen LogP contribution in [0.4, 0.5) is 5.69 Å². The molecule has 0 saturated heterocycles. The Morgan fingerprint density at radius 2 is 1.59 bits per heavy atom. The van der Waals surface area contributed by atoms with Crippen LogP contribution in [-0.4, -0.2) is 34.1 Å². The summed E-state index contributed by atoms with van der Waals surface area (Å²) in [6.45, 7) is 5.28. The molecule has 0 fully saturated rings. The first-order valence-electron chi connectivity index (χ1n) is 8.23. The Hall–Kier alpha value is -2.58. The van der Waals surface area contributed by atoms with E-state index in [0.29, 0.717) is 22.7 Å². The molecule has 8 heteroatoms. The summed E-state index contributed by atoms with van der Waals surface area (Å²) < 4.78 is 37.6. The third-order valence-corrected chi connectivity index (χ3v) is 5.30. The Balaban J connectivity index is 2.19. The number of hydrogen-bond donors (Lipinski definition) is 2. The van der Waals surface area contributed by atoms with Gasteiger partial charge in [0.25, 0.3) is 5.91 Å². The Morgan fingerprint density at radius 1 is 0.963 bits per heavy atom. The van der Waals surface area contributed by atoms with E-state index in [4.69, 9.17) is 9.47 Å². The standard InChI is InChI=1S/C19H24N2O5S/c1-19(2,3)21-27(23,24)15-9-6-13(7-10-15)18(22)20-16-11-8-14(25-4)12-17(16)26-5/h6-12,21H,1-5H3,(H,20,22). The number of sulfonamides is 1. The van der Waals surface area contributed by atoms with Crippen LogP contribution in [0.1, 0.15) is 31.1 Å². The molecule has 0 spiro atoms. The highest BCUT2D eigenvalue weighted by Crippen LogP contribution is 2.29. The van der Waals surface area contributed by atoms with Crippen LogP contribution in [0, 0.1) is 0 Å². The first-order chi connectivity index (χ1) is 12.6. The van der Waals surface area contributed by atoms with Crippen LogP contribution in [-0.2, 0) is 10.0 Å². The van der Waals surface area contributed by atoms with Gasteiger partial charge >= 0.3 is 0 Å². The Labute approximate surface area is 159 Å². The van der Waals surface area contributed by atoms with Crippen LogP contribution in [0.5, 0.6) is 11.5 Å². The second-order valence-corrected chi connectivity index (χ2v) is 8.58. The van der Waals surface area contributed by atoms with Crippen molar-refractivity contribution < 1.29 is 22.7 Å². The lowest BCUT2D eigenvalue weighted by Gasteiger charge is -2.20. The van der Waals surface area contributed by atoms with Gasteiger partial charge in [0.1, 0.15) is 11.5 Å². The Morgan fingerprint density at radius 3 is 2.11 bits per heavy atom. The molecule has 0 aliphatic heterocycles. The van der Waals surface area contributed by atoms with Gasteiger partial charge in [-0.25, -0.2) is 13.1 Å². The zero-order chi connectivity index (χ0) is 20.2. The minimum Gasteiger partial charge on any atom is -0.497 e. The number of nitrogens with one attached hydrogen (secondary N) is 2. The van der Waals surface area contributed by atoms with Gasteiger partial charge in [-0.1, -0.05) is 0 Å². The lowest BCUT2D eigenvalue weighted by atomic mass is 10.1. The van der Waals surface area contributed by atoms with Gasteiger partial charge in [-0.15, -0.1) is 0 Å². The van der Waals surface area contributed by atoms with Gasteiger partial charge in [-0.2, -0.15) is 0 Å². The Kier molecular flexibility index (Phi) is 6.12. The summed E-state index contributed by atoms with van der Waals surface area (Å²) in [6, 6.07) is 10.7. The number of benzene rings is 2. The fourth-order valence-electron chi connectivity index (χ4n) is 2.34. The normalized spacial score (nSPS) is 11.7. The molecular formula is C19H24N2O5S. The second-order valence-electron chi connectivity index (χ2n) is 6.90. The summed E-state index contributed by atoms with van der Waals surface area (Å²) in [4.78, 5) is 12.6. The van der Waals surface area contributed by atoms with Crippen molar-refractivity contribution in [1.29, 1.82) is 0 Å². The number of anilines is 1. The maximum atomic E-state index is 12.5. The first kappa shape index (κ1) is 20.7. The molecule has 0 heterocycles. The molecule has 27 heavy (non-hydrogen) atoms. The van der Waals surface area contributed by atoms with Crippen molar-refractivity contribution >= 4 is 21.6 Å². The zero-order valence-electron chi connectivity index (χ0n) is 16.0. The van der Waals surface area contributed by atoms with Gasteiger partial charge in [0.15, 0.2) is 0 Å². The molecule has 0 unspecified atom stereocenters. The number of ether oxygens (including phenoxy) is 2. The van der Waals surface area contributed by atoms with Gasteiger partial charge in [-0.3, -0.25) is 4.79 Å². The average molecular weight is 392 g/mol. The van der Waals surface area contributed by atoms with Crippen molar-refractivity contribution in [2.24, 2.45) is 0 Å². The van der Waals surface area contributed by atoms with E-state index in [1.165, 1.54) is 38.5 Å². The molecule has 2 rings (SSSR count). The molecule has 0 atom stereocenters. The van der Waals surface area contributed by atoms with E-state index in [9.17, 15) is 13.2 Å². The number of carbonyl (C=O) groups is 1. The predicted molar refractivity (Wildman–Crippen MR) is 104 cm³/mol. The number of rotatable bonds is 6. The molecule has 7 nitrogen and oxygen atoms in total. The molecule has 2 aromatic rings. The maximum Gasteiger partial charge on any atom is 0.255 e. The van der Waals surface area contributed by atoms with Crippen LogP contribution in [0.15, 0.2) is 47.4 Å². The van der Waals surface area contributed by atoms with Crippen molar-refractivity contribution in [3.63, 3.8) is 0 Å². The monoisotopic (exact) mass is 392 g/mol. The summed E-state index contributed by atoms with van der Waals surface area (Å²) >= 11 is 0. The van der Waals surface area contributed by atoms with Crippen molar-refractivity contribution in [1.82, 2.24) is 4.72 Å². The van der Waals surface area contributed by atoms with Crippen molar-refractivity contribution in [3.05, 3.63) is 48.0 Å². The van der Waals surface area contributed by atoms with Crippen molar-refractivity contribution in [2.75, 3.05) is 19.5 Å². The van der Waals surface area contributed by atoms with E-state index < -0.39 is 15.6 Å². The van der Waals surface area contributed by atoms with Crippen molar-refractivity contribution in [2.45, 2.75) is 31.2 Å². The molecule has 0 radical (unpaired) electrons. The highest BCUT2D eigenvalue weighted by atomic mass is 32.2. The molecule has 0 aliphatic carbocycles. The Bertz CT molecular complexity index is 916. The minimum absolute atomic E-state index is 0.0935. The molecule has 2 aromatic carbocycles. The highest BCUT2D eigenvalue weighted by Gasteiger charge is 2.22. The van der Waals surface area contributed by atoms with Gasteiger partial charge in [0.2, 0.25) is 10.0 Å². The number of hydrogen-bond acceptors (Lipinski definition) is 5. The van der Waals surface area contributed by atoms with Crippen LogP contribution >= 0.6 is 0 Å². The first-order valence-corrected chi connectivity index (χ1v) is 9.71. The summed E-state index contributed by atoms with van der Waals surface area (Å²) in [6.07, 6.45) is 0. The molecule has 0 aliphatic rings. The van der Waals surface area contributed by atoms with Gasteiger partial charge < -0.3 is 14.8 Å². The van der Waals surface area contributed by atoms with E-state index in [0.717, 1.165) is 0 Å². The lowest BCUT2D eigenvalue weighted by molar-refractivity contribution is 0.102. The quantitative estimate of drug-likeness (QED) is 0.788. The van der Waals surface area contributed by atoms with Crippen LogP contribution in [0.2, 0.25) is 0 Å². The average Bonchev–Trinajstić information content (AvgIpc) is 2.60. The van der Waals surface area contributed by atoms with E-state index in [1.54, 1.807) is 39.0 Å². The lowest BCUT2D eigenvalue weighted by Crippen LogP contribution is -2.40. The molecule has 1 amide bonds. The maximum absolute atomic E-state index is 12.5. The second kappa shape index (κ2) is 7.98. The largest absolute Gasteiger partial charge is 0.497 e. The predicted octanol–water partition coefficient (Wildman–Crippen LogP) is 3.03. The third kappa shape index (κ3) is 5.45. The summed E-state index contributed by atoms with van der Waals surface area (Å²) in [5.41, 5.74) is 0.205. The molecule has 0 aromatic heterocycles. The van der Waals surface area contributed by atoms with Crippen LogP contribution in [0.25, 0.3) is 0 Å². The SMILES string of the molecule is COc1ccc(NC(=O)c2ccc(S(=O)(=O)NC(C)(C)C)cc2)c(OC)c1. The number of methoxy groups -OCH3 is 2. The van der Waals surface area contributed by atoms with Gasteiger partial charge in [0, 0.05) is 17.2 Å². The molecule has 2 N–H and O–H groups in total. The zero-order valence-corrected chi connectivity index (χ0v) is 16.8. The van der Waals surface area contributed by atoms with Crippen LogP contribution in [0.3, 0.4) is 0 Å². The van der Waals surface area contributed by atoms with E-state index in [2.05, 4.69) is 10.0 Å². The minimum atomic E-state index is -3.65. The fourth-order valence-corrected chi connectivity index (χ4v) is 3.76. The number of carbonyl (C=O) groups excluding carboxylic acids is 1. The molecule has 0 saturated carbocycles. The van der Waals surface area contributed by atoms with Gasteiger partial charge in [-0.05, 0) is 57.2 Å². The van der Waals surface area contributed by atoms with E-state index in [1.807, 2.05) is 0 Å². The van der Waals surface area contributed by atoms with Crippen molar-refractivity contribution in [3.8, 4) is 11.5 Å². The summed E-state index contributed by atoms with van der Waals surface area (Å²) in [7, 11) is -0.622. The highest BCUT2D eigenvalue weighted by molar-refractivity contribution is 7.89. The number of amides is 1. The summed E-state index contributed by atoms with van der Waals surface area (Å²) in [5.74, 6) is 0.674. The smallest absolute Gasteiger partial charge is 0.255 e. The topological polar surface area (TPSA) is 93.7 Å².